The quantitative estimate of drug-likeness (QED) is 0.779. The molecule has 0 amide bonds. The second kappa shape index (κ2) is 4.99. The number of halogens is 1. The third kappa shape index (κ3) is 2.74. The minimum atomic E-state index is 0.156. The number of rotatable bonds is 3. The van der Waals surface area contributed by atoms with E-state index in [0.717, 1.165) is 5.69 Å². The third-order valence-electron chi connectivity index (χ3n) is 2.39. The molecule has 0 fully saturated rings. The highest BCUT2D eigenvalue weighted by atomic mass is 35.5. The van der Waals surface area contributed by atoms with Crippen LogP contribution in [0, 0.1) is 0 Å². The van der Waals surface area contributed by atoms with E-state index in [0.29, 0.717) is 5.15 Å². The van der Waals surface area contributed by atoms with Crippen LogP contribution in [0.15, 0.2) is 47.5 Å². The van der Waals surface area contributed by atoms with Crippen LogP contribution < -0.4 is 0 Å². The maximum absolute atomic E-state index is 5.78. The predicted octanol–water partition coefficient (Wildman–Crippen LogP) is 3.85. The Kier molecular flexibility index (Phi) is 3.42. The second-order valence-corrected chi connectivity index (χ2v) is 4.03. The molecule has 2 aromatic rings. The fourth-order valence-corrected chi connectivity index (χ4v) is 1.64. The molecule has 16 heavy (non-hydrogen) atoms. The van der Waals surface area contributed by atoms with Crippen molar-refractivity contribution < 1.29 is 0 Å². The van der Waals surface area contributed by atoms with Crippen molar-refractivity contribution in [3.63, 3.8) is 0 Å². The normalized spacial score (nSPS) is 13.1. The molecular formula is C13H13ClN2. The molecule has 2 rings (SSSR count). The maximum atomic E-state index is 5.78. The number of hydrogen-bond donors (Lipinski definition) is 1. The maximum Gasteiger partial charge on any atom is 0.106 e. The van der Waals surface area contributed by atoms with Crippen LogP contribution in [0.1, 0.15) is 24.2 Å². The number of H-pyrrole nitrogens is 1. The Hall–Kier alpha value is -1.54. The molecule has 0 aliphatic rings. The molecule has 0 saturated heterocycles. The Balaban J connectivity index is 2.08. The minimum absolute atomic E-state index is 0.156. The monoisotopic (exact) mass is 232 g/mol. The Morgan fingerprint density at radius 1 is 1.19 bits per heavy atom. The van der Waals surface area contributed by atoms with Crippen LogP contribution in [-0.2, 0) is 0 Å². The first-order valence-corrected chi connectivity index (χ1v) is 5.56. The first-order valence-electron chi connectivity index (χ1n) is 5.18. The summed E-state index contributed by atoms with van der Waals surface area (Å²) in [5, 5.41) is 0.633. The molecule has 0 aliphatic heterocycles. The third-order valence-corrected chi connectivity index (χ3v) is 2.61. The van der Waals surface area contributed by atoms with E-state index in [1.54, 1.807) is 0 Å². The molecule has 1 aromatic carbocycles. The highest BCUT2D eigenvalue weighted by molar-refractivity contribution is 6.29. The van der Waals surface area contributed by atoms with E-state index in [2.05, 4.69) is 29.0 Å². The summed E-state index contributed by atoms with van der Waals surface area (Å²) in [6.45, 7) is 2.07. The van der Waals surface area contributed by atoms with Gasteiger partial charge >= 0.3 is 0 Å². The highest BCUT2D eigenvalue weighted by Crippen LogP contribution is 2.15. The van der Waals surface area contributed by atoms with E-state index >= 15 is 0 Å². The number of benzene rings is 1. The molecule has 3 heteroatoms. The topological polar surface area (TPSA) is 28.1 Å². The van der Waals surface area contributed by atoms with Gasteiger partial charge in [0.05, 0.1) is 11.7 Å². The smallest absolute Gasteiger partial charge is 0.106 e. The molecule has 0 aliphatic carbocycles. The van der Waals surface area contributed by atoms with Gasteiger partial charge in [0.15, 0.2) is 0 Å². The van der Waals surface area contributed by atoms with Crippen molar-refractivity contribution in [3.05, 3.63) is 58.9 Å². The SMILES string of the molecule is C[C@H](N=Cc1ccc(Cl)[nH]1)c1ccccc1. The van der Waals surface area contributed by atoms with Gasteiger partial charge in [0, 0.05) is 6.21 Å². The number of nitrogens with zero attached hydrogens (tertiary/aromatic N) is 1. The van der Waals surface area contributed by atoms with E-state index < -0.39 is 0 Å². The largest absolute Gasteiger partial charge is 0.345 e. The van der Waals surface area contributed by atoms with Crippen molar-refractivity contribution in [3.8, 4) is 0 Å². The number of aromatic amines is 1. The van der Waals surface area contributed by atoms with E-state index in [9.17, 15) is 0 Å². The first kappa shape index (κ1) is 11.0. The zero-order valence-corrected chi connectivity index (χ0v) is 9.78. The van der Waals surface area contributed by atoms with Crippen molar-refractivity contribution in [1.82, 2.24) is 4.98 Å². The van der Waals surface area contributed by atoms with Crippen molar-refractivity contribution in [2.24, 2.45) is 4.99 Å². The van der Waals surface area contributed by atoms with Gasteiger partial charge in [-0.3, -0.25) is 4.99 Å². The lowest BCUT2D eigenvalue weighted by Gasteiger charge is -2.04. The molecule has 0 radical (unpaired) electrons. The van der Waals surface area contributed by atoms with Gasteiger partial charge in [-0.15, -0.1) is 0 Å². The average Bonchev–Trinajstić information content (AvgIpc) is 2.73. The molecule has 1 N–H and O–H groups in total. The van der Waals surface area contributed by atoms with E-state index in [1.807, 2.05) is 36.5 Å². The lowest BCUT2D eigenvalue weighted by Crippen LogP contribution is -1.90. The van der Waals surface area contributed by atoms with E-state index in [4.69, 9.17) is 11.6 Å². The molecule has 2 nitrogen and oxygen atoms in total. The van der Waals surface area contributed by atoms with Crippen molar-refractivity contribution in [2.75, 3.05) is 0 Å². The fourth-order valence-electron chi connectivity index (χ4n) is 1.47. The Morgan fingerprint density at radius 2 is 1.94 bits per heavy atom. The molecule has 1 aromatic heterocycles. The van der Waals surface area contributed by atoms with Crippen LogP contribution in [-0.4, -0.2) is 11.2 Å². The van der Waals surface area contributed by atoms with Gasteiger partial charge in [-0.2, -0.15) is 0 Å². The molecular weight excluding hydrogens is 220 g/mol. The van der Waals surface area contributed by atoms with Gasteiger partial charge in [0.25, 0.3) is 0 Å². The van der Waals surface area contributed by atoms with Crippen LogP contribution in [0.2, 0.25) is 5.15 Å². The summed E-state index contributed by atoms with van der Waals surface area (Å²) in [5.74, 6) is 0. The summed E-state index contributed by atoms with van der Waals surface area (Å²) in [6, 6.07) is 14.1. The second-order valence-electron chi connectivity index (χ2n) is 3.63. The molecule has 1 heterocycles. The predicted molar refractivity (Wildman–Crippen MR) is 68.3 cm³/mol. The van der Waals surface area contributed by atoms with Crippen LogP contribution in [0.5, 0.6) is 0 Å². The number of hydrogen-bond acceptors (Lipinski definition) is 1. The van der Waals surface area contributed by atoms with Gasteiger partial charge < -0.3 is 4.98 Å². The zero-order chi connectivity index (χ0) is 11.4. The van der Waals surface area contributed by atoms with Crippen molar-refractivity contribution in [1.29, 1.82) is 0 Å². The van der Waals surface area contributed by atoms with Crippen LogP contribution in [0.25, 0.3) is 0 Å². The van der Waals surface area contributed by atoms with Crippen LogP contribution in [0.3, 0.4) is 0 Å². The number of aliphatic imine (C=N–C) groups is 1. The van der Waals surface area contributed by atoms with Gasteiger partial charge in [0.2, 0.25) is 0 Å². The van der Waals surface area contributed by atoms with Crippen LogP contribution in [0.4, 0.5) is 0 Å². The summed E-state index contributed by atoms with van der Waals surface area (Å²) in [4.78, 5) is 7.46. The van der Waals surface area contributed by atoms with E-state index in [1.165, 1.54) is 5.56 Å². The lowest BCUT2D eigenvalue weighted by molar-refractivity contribution is 0.825. The summed E-state index contributed by atoms with van der Waals surface area (Å²) in [5.41, 5.74) is 2.13. The Labute approximate surface area is 100.0 Å². The lowest BCUT2D eigenvalue weighted by atomic mass is 10.1. The van der Waals surface area contributed by atoms with E-state index in [-0.39, 0.29) is 6.04 Å². The fraction of sp³-hybridized carbons (Fsp3) is 0.154. The van der Waals surface area contributed by atoms with Gasteiger partial charge in [-0.25, -0.2) is 0 Å². The van der Waals surface area contributed by atoms with Crippen LogP contribution >= 0.6 is 11.6 Å². The van der Waals surface area contributed by atoms with Gasteiger partial charge in [-0.1, -0.05) is 41.9 Å². The van der Waals surface area contributed by atoms with Gasteiger partial charge in [0.1, 0.15) is 5.15 Å². The summed E-state index contributed by atoms with van der Waals surface area (Å²) in [6.07, 6.45) is 1.81. The summed E-state index contributed by atoms with van der Waals surface area (Å²) < 4.78 is 0. The molecule has 0 spiro atoms. The molecule has 0 unspecified atom stereocenters. The van der Waals surface area contributed by atoms with Crippen molar-refractivity contribution in [2.45, 2.75) is 13.0 Å². The summed E-state index contributed by atoms with van der Waals surface area (Å²) >= 11 is 5.78. The zero-order valence-electron chi connectivity index (χ0n) is 9.02. The minimum Gasteiger partial charge on any atom is -0.345 e. The molecule has 1 atom stereocenters. The first-order chi connectivity index (χ1) is 7.75. The Bertz CT molecular complexity index is 474. The standard InChI is InChI=1S/C13H13ClN2/c1-10(11-5-3-2-4-6-11)15-9-12-7-8-13(14)16-12/h2-10,16H,1H3/t10-/m0/s1. The number of nitrogens with one attached hydrogen (secondary N) is 1. The summed E-state index contributed by atoms with van der Waals surface area (Å²) in [7, 11) is 0. The average molecular weight is 233 g/mol. The molecule has 0 saturated carbocycles. The van der Waals surface area contributed by atoms with Gasteiger partial charge in [-0.05, 0) is 24.6 Å². The Morgan fingerprint density at radius 3 is 2.56 bits per heavy atom. The molecule has 82 valence electrons. The number of aromatic nitrogens is 1. The highest BCUT2D eigenvalue weighted by Gasteiger charge is 2.00. The van der Waals surface area contributed by atoms with Crippen molar-refractivity contribution >= 4 is 17.8 Å². The molecule has 0 bridgehead atoms.